The van der Waals surface area contributed by atoms with Crippen molar-refractivity contribution in [3.8, 4) is 0 Å². The molecule has 0 saturated heterocycles. The van der Waals surface area contributed by atoms with Crippen molar-refractivity contribution in [2.75, 3.05) is 17.6 Å². The number of amides is 2. The predicted octanol–water partition coefficient (Wildman–Crippen LogP) is 2.48. The molecule has 0 aliphatic carbocycles. The van der Waals surface area contributed by atoms with Gasteiger partial charge in [-0.05, 0) is 80.6 Å². The molecule has 0 saturated carbocycles. The number of nitrogens with one attached hydrogen (secondary N) is 3. The van der Waals surface area contributed by atoms with Crippen LogP contribution < -0.4 is 21.8 Å². The maximum absolute atomic E-state index is 13.8. The van der Waals surface area contributed by atoms with Gasteiger partial charge in [0, 0.05) is 23.5 Å². The standard InChI is InChI=1S/C22H27FN4O4/c1-13-11-17(12-14(2)19(13)23)26-18(21(29)27-31)5-3-4-10-25-22(30)20(28)15-6-8-16(24)9-7-15/h6-9,11-12,18,26,31H,3-5,10,24H2,1-2H3,(H,25,30)(H,27,29)/t18-/m1/s1. The highest BCUT2D eigenvalue weighted by molar-refractivity contribution is 6.42. The van der Waals surface area contributed by atoms with E-state index >= 15 is 0 Å². The number of nitrogens with two attached hydrogens (primary N) is 1. The lowest BCUT2D eigenvalue weighted by Crippen LogP contribution is -2.38. The molecule has 2 aromatic carbocycles. The average molecular weight is 430 g/mol. The molecule has 2 rings (SSSR count). The maximum atomic E-state index is 13.8. The van der Waals surface area contributed by atoms with E-state index < -0.39 is 23.6 Å². The first-order valence-corrected chi connectivity index (χ1v) is 9.88. The number of rotatable bonds is 10. The van der Waals surface area contributed by atoms with E-state index in [9.17, 15) is 18.8 Å². The maximum Gasteiger partial charge on any atom is 0.292 e. The van der Waals surface area contributed by atoms with Crippen molar-refractivity contribution in [3.63, 3.8) is 0 Å². The lowest BCUT2D eigenvalue weighted by Gasteiger charge is -2.19. The zero-order valence-corrected chi connectivity index (χ0v) is 17.5. The van der Waals surface area contributed by atoms with E-state index in [-0.39, 0.29) is 17.9 Å². The normalized spacial score (nSPS) is 11.5. The zero-order chi connectivity index (χ0) is 23.0. The Labute approximate surface area is 180 Å². The Bertz CT molecular complexity index is 924. The van der Waals surface area contributed by atoms with Crippen molar-refractivity contribution < 1.29 is 24.0 Å². The number of carbonyl (C=O) groups excluding carboxylic acids is 3. The first kappa shape index (κ1) is 23.8. The van der Waals surface area contributed by atoms with Crippen molar-refractivity contribution in [2.45, 2.75) is 39.2 Å². The SMILES string of the molecule is Cc1cc(N[C@H](CCCCNC(=O)C(=O)c2ccc(N)cc2)C(=O)NO)cc(C)c1F. The third-order valence-electron chi connectivity index (χ3n) is 4.79. The van der Waals surface area contributed by atoms with Crippen molar-refractivity contribution in [1.29, 1.82) is 0 Å². The summed E-state index contributed by atoms with van der Waals surface area (Å²) in [4.78, 5) is 36.0. The van der Waals surface area contributed by atoms with Crippen LogP contribution in [0.15, 0.2) is 36.4 Å². The highest BCUT2D eigenvalue weighted by Crippen LogP contribution is 2.20. The van der Waals surface area contributed by atoms with Crippen molar-refractivity contribution in [2.24, 2.45) is 0 Å². The third kappa shape index (κ3) is 6.78. The molecule has 2 amide bonds. The van der Waals surface area contributed by atoms with Crippen LogP contribution in [0.5, 0.6) is 0 Å². The molecule has 0 aliphatic rings. The van der Waals surface area contributed by atoms with Gasteiger partial charge in [0.2, 0.25) is 5.78 Å². The molecule has 0 fully saturated rings. The number of halogens is 1. The van der Waals surface area contributed by atoms with Crippen LogP contribution in [0.3, 0.4) is 0 Å². The van der Waals surface area contributed by atoms with Gasteiger partial charge in [-0.2, -0.15) is 0 Å². The number of benzene rings is 2. The predicted molar refractivity (Wildman–Crippen MR) is 115 cm³/mol. The van der Waals surface area contributed by atoms with Crippen LogP contribution in [-0.4, -0.2) is 35.4 Å². The number of hydrogen-bond donors (Lipinski definition) is 5. The number of Topliss-reactive ketones (excluding diaryl/α,β-unsaturated/α-hetero) is 1. The van der Waals surface area contributed by atoms with Crippen LogP contribution in [0.4, 0.5) is 15.8 Å². The summed E-state index contributed by atoms with van der Waals surface area (Å²) in [5, 5.41) is 14.5. The number of nitrogen functional groups attached to an aromatic ring is 1. The molecular formula is C22H27FN4O4. The quantitative estimate of drug-likeness (QED) is 0.0982. The first-order chi connectivity index (χ1) is 14.7. The number of anilines is 2. The largest absolute Gasteiger partial charge is 0.399 e. The van der Waals surface area contributed by atoms with Crippen LogP contribution in [0.2, 0.25) is 0 Å². The lowest BCUT2D eigenvalue weighted by atomic mass is 10.1. The van der Waals surface area contributed by atoms with E-state index in [0.717, 1.165) is 0 Å². The number of hydroxylamine groups is 1. The number of ketones is 1. The third-order valence-corrected chi connectivity index (χ3v) is 4.79. The Balaban J connectivity index is 1.83. The Morgan fingerprint density at radius 1 is 1.06 bits per heavy atom. The fourth-order valence-corrected chi connectivity index (χ4v) is 3.10. The van der Waals surface area contributed by atoms with Gasteiger partial charge in [-0.1, -0.05) is 0 Å². The van der Waals surface area contributed by atoms with E-state index in [1.54, 1.807) is 43.6 Å². The Morgan fingerprint density at radius 2 is 1.68 bits per heavy atom. The Hall–Kier alpha value is -3.46. The molecule has 0 radical (unpaired) electrons. The van der Waals surface area contributed by atoms with Gasteiger partial charge >= 0.3 is 0 Å². The molecule has 0 heterocycles. The Kier molecular flexibility index (Phi) is 8.51. The van der Waals surface area contributed by atoms with Gasteiger partial charge in [0.1, 0.15) is 11.9 Å². The molecule has 0 aromatic heterocycles. The van der Waals surface area contributed by atoms with Crippen LogP contribution >= 0.6 is 0 Å². The second-order valence-corrected chi connectivity index (χ2v) is 7.30. The van der Waals surface area contributed by atoms with Crippen molar-refractivity contribution in [3.05, 3.63) is 58.9 Å². The summed E-state index contributed by atoms with van der Waals surface area (Å²) in [6.07, 6.45) is 1.39. The highest BCUT2D eigenvalue weighted by atomic mass is 19.1. The smallest absolute Gasteiger partial charge is 0.292 e. The van der Waals surface area contributed by atoms with Crippen LogP contribution in [0.25, 0.3) is 0 Å². The molecular weight excluding hydrogens is 403 g/mol. The van der Waals surface area contributed by atoms with Gasteiger partial charge in [0.05, 0.1) is 0 Å². The minimum absolute atomic E-state index is 0.250. The van der Waals surface area contributed by atoms with Crippen LogP contribution in [-0.2, 0) is 9.59 Å². The van der Waals surface area contributed by atoms with Crippen LogP contribution in [0.1, 0.15) is 40.7 Å². The molecule has 8 nitrogen and oxygen atoms in total. The van der Waals surface area contributed by atoms with E-state index in [1.807, 2.05) is 0 Å². The molecule has 0 bridgehead atoms. The van der Waals surface area contributed by atoms with Gasteiger partial charge in [-0.25, -0.2) is 9.87 Å². The average Bonchev–Trinajstić information content (AvgIpc) is 2.75. The summed E-state index contributed by atoms with van der Waals surface area (Å²) >= 11 is 0. The topological polar surface area (TPSA) is 134 Å². The van der Waals surface area contributed by atoms with Crippen LogP contribution in [0, 0.1) is 19.7 Å². The molecule has 9 heteroatoms. The fourth-order valence-electron chi connectivity index (χ4n) is 3.10. The molecule has 6 N–H and O–H groups in total. The zero-order valence-electron chi connectivity index (χ0n) is 17.5. The second-order valence-electron chi connectivity index (χ2n) is 7.30. The molecule has 2 aromatic rings. The number of unbranched alkanes of at least 4 members (excludes halogenated alkanes) is 1. The minimum atomic E-state index is -0.749. The molecule has 0 spiro atoms. The van der Waals surface area contributed by atoms with Gasteiger partial charge in [0.25, 0.3) is 11.8 Å². The first-order valence-electron chi connectivity index (χ1n) is 9.88. The molecule has 0 aliphatic heterocycles. The van der Waals surface area contributed by atoms with Gasteiger partial charge in [-0.3, -0.25) is 19.6 Å². The summed E-state index contributed by atoms with van der Waals surface area (Å²) in [5.74, 6) is -2.30. The molecule has 1 atom stereocenters. The minimum Gasteiger partial charge on any atom is -0.399 e. The lowest BCUT2D eigenvalue weighted by molar-refractivity contribution is -0.130. The second kappa shape index (κ2) is 11.1. The van der Waals surface area contributed by atoms with Crippen molar-refractivity contribution in [1.82, 2.24) is 10.8 Å². The summed E-state index contributed by atoms with van der Waals surface area (Å²) in [7, 11) is 0. The summed E-state index contributed by atoms with van der Waals surface area (Å²) < 4.78 is 13.8. The highest BCUT2D eigenvalue weighted by Gasteiger charge is 2.19. The van der Waals surface area contributed by atoms with E-state index in [4.69, 9.17) is 10.9 Å². The summed E-state index contributed by atoms with van der Waals surface area (Å²) in [5.41, 5.74) is 9.39. The number of aryl methyl sites for hydroxylation is 2. The van der Waals surface area contributed by atoms with E-state index in [2.05, 4.69) is 10.6 Å². The van der Waals surface area contributed by atoms with E-state index in [0.29, 0.717) is 41.8 Å². The molecule has 31 heavy (non-hydrogen) atoms. The van der Waals surface area contributed by atoms with Gasteiger partial charge in [0.15, 0.2) is 0 Å². The van der Waals surface area contributed by atoms with E-state index in [1.165, 1.54) is 12.1 Å². The fraction of sp³-hybridized carbons (Fsp3) is 0.318. The molecule has 0 unspecified atom stereocenters. The summed E-state index contributed by atoms with van der Waals surface area (Å²) in [6, 6.07) is 8.49. The number of carbonyl (C=O) groups is 3. The van der Waals surface area contributed by atoms with Gasteiger partial charge < -0.3 is 16.4 Å². The number of hydrogen-bond acceptors (Lipinski definition) is 6. The summed E-state index contributed by atoms with van der Waals surface area (Å²) in [6.45, 7) is 3.51. The van der Waals surface area contributed by atoms with Crippen molar-refractivity contribution >= 4 is 29.0 Å². The monoisotopic (exact) mass is 430 g/mol. The van der Waals surface area contributed by atoms with Gasteiger partial charge in [-0.15, -0.1) is 0 Å². The molecule has 166 valence electrons. The Morgan fingerprint density at radius 3 is 2.26 bits per heavy atom.